The van der Waals surface area contributed by atoms with Crippen LogP contribution in [-0.4, -0.2) is 47.5 Å². The standard InChI is InChI=1S/C33H31ClN2O7/c1-19(37)23-7-6-22(34)16-24(23)25-17-31(39)35(18-30(25)42-3)27(9-12-41-2)29(38)14-20-5-8-26-21(13-20)15-28-32(40)43-33(36(26)28)10-4-11-33/h5-8,13,15-18,27H,4,9-12,14H2,1-3H3. The van der Waals surface area contributed by atoms with Gasteiger partial charge < -0.3 is 18.8 Å². The Balaban J connectivity index is 1.34. The summed E-state index contributed by atoms with van der Waals surface area (Å²) < 4.78 is 20.0. The molecule has 0 radical (unpaired) electrons. The summed E-state index contributed by atoms with van der Waals surface area (Å²) in [6, 6.07) is 12.9. The van der Waals surface area contributed by atoms with Gasteiger partial charge in [-0.3, -0.25) is 19.0 Å². The molecule has 1 saturated carbocycles. The summed E-state index contributed by atoms with van der Waals surface area (Å²) in [7, 11) is 3.00. The molecule has 1 atom stereocenters. The SMILES string of the molecule is COCCC(C(=O)Cc1ccc2c(c1)cc1n2C2(CCC2)OC1=O)n1cc(OC)c(-c2cc(Cl)ccc2C(C)=O)cc1=O. The van der Waals surface area contributed by atoms with E-state index in [0.717, 1.165) is 35.7 Å². The molecule has 2 aliphatic rings. The summed E-state index contributed by atoms with van der Waals surface area (Å²) >= 11 is 6.24. The van der Waals surface area contributed by atoms with Crippen LogP contribution in [0.1, 0.15) is 65.1 Å². The quantitative estimate of drug-likeness (QED) is 0.169. The summed E-state index contributed by atoms with van der Waals surface area (Å²) in [6.07, 6.45) is 4.43. The molecular weight excluding hydrogens is 572 g/mol. The Labute approximate surface area is 252 Å². The molecule has 0 amide bonds. The summed E-state index contributed by atoms with van der Waals surface area (Å²) in [6.45, 7) is 1.70. The molecule has 2 aromatic carbocycles. The Morgan fingerprint density at radius 2 is 1.84 bits per heavy atom. The molecule has 1 aliphatic carbocycles. The minimum Gasteiger partial charge on any atom is -0.495 e. The first kappa shape index (κ1) is 28.9. The van der Waals surface area contributed by atoms with Crippen molar-refractivity contribution in [2.24, 2.45) is 0 Å². The Bertz CT molecular complexity index is 1850. The predicted octanol–water partition coefficient (Wildman–Crippen LogP) is 5.73. The first-order valence-corrected chi connectivity index (χ1v) is 14.5. The lowest BCUT2D eigenvalue weighted by Gasteiger charge is -2.38. The number of aromatic nitrogens is 2. The lowest BCUT2D eigenvalue weighted by molar-refractivity contribution is -0.122. The van der Waals surface area contributed by atoms with Crippen LogP contribution in [0.15, 0.2) is 59.5 Å². The third kappa shape index (κ3) is 4.96. The normalized spacial score (nSPS) is 15.7. The van der Waals surface area contributed by atoms with E-state index in [0.29, 0.717) is 33.2 Å². The fourth-order valence-corrected chi connectivity index (χ4v) is 6.41. The fourth-order valence-electron chi connectivity index (χ4n) is 6.23. The first-order valence-electron chi connectivity index (χ1n) is 14.2. The molecular formula is C33H31ClN2O7. The number of carbonyl (C=O) groups is 3. The zero-order valence-corrected chi connectivity index (χ0v) is 24.9. The molecule has 10 heteroatoms. The molecule has 4 aromatic rings. The second kappa shape index (κ2) is 11.1. The van der Waals surface area contributed by atoms with Crippen molar-refractivity contribution in [2.75, 3.05) is 20.8 Å². The van der Waals surface area contributed by atoms with Gasteiger partial charge in [0.25, 0.3) is 5.56 Å². The van der Waals surface area contributed by atoms with E-state index in [9.17, 15) is 19.2 Å². The van der Waals surface area contributed by atoms with E-state index in [1.54, 1.807) is 18.2 Å². The van der Waals surface area contributed by atoms with Crippen LogP contribution >= 0.6 is 11.6 Å². The molecule has 0 bridgehead atoms. The molecule has 2 aromatic heterocycles. The van der Waals surface area contributed by atoms with Gasteiger partial charge in [-0.15, -0.1) is 0 Å². The maximum atomic E-state index is 13.8. The average molecular weight is 603 g/mol. The smallest absolute Gasteiger partial charge is 0.357 e. The number of rotatable bonds is 10. The number of methoxy groups -OCH3 is 2. The number of halogens is 1. The number of esters is 1. The maximum Gasteiger partial charge on any atom is 0.357 e. The van der Waals surface area contributed by atoms with Crippen LogP contribution in [0.5, 0.6) is 5.75 Å². The summed E-state index contributed by atoms with van der Waals surface area (Å²) in [5, 5.41) is 1.27. The van der Waals surface area contributed by atoms with Crippen molar-refractivity contribution in [1.82, 2.24) is 9.13 Å². The van der Waals surface area contributed by atoms with Crippen LogP contribution in [0, 0.1) is 0 Å². The minimum absolute atomic E-state index is 0.0692. The van der Waals surface area contributed by atoms with Gasteiger partial charge in [0.2, 0.25) is 0 Å². The second-order valence-electron chi connectivity index (χ2n) is 11.1. The van der Waals surface area contributed by atoms with Crippen LogP contribution < -0.4 is 10.3 Å². The van der Waals surface area contributed by atoms with Crippen LogP contribution in [0.25, 0.3) is 22.0 Å². The summed E-state index contributed by atoms with van der Waals surface area (Å²) in [5.41, 5.74) is 2.46. The Morgan fingerprint density at radius 1 is 1.05 bits per heavy atom. The number of Topliss-reactive ketones (excluding diaryl/α,β-unsaturated/α-hetero) is 2. The molecule has 9 nitrogen and oxygen atoms in total. The van der Waals surface area contributed by atoms with Gasteiger partial charge in [0.05, 0.1) is 24.9 Å². The van der Waals surface area contributed by atoms with E-state index < -0.39 is 17.3 Å². The van der Waals surface area contributed by atoms with Gasteiger partial charge in [0, 0.05) is 60.6 Å². The molecule has 0 N–H and O–H groups in total. The van der Waals surface area contributed by atoms with Gasteiger partial charge in [0.1, 0.15) is 11.4 Å². The van der Waals surface area contributed by atoms with Crippen molar-refractivity contribution < 1.29 is 28.6 Å². The Morgan fingerprint density at radius 3 is 2.51 bits per heavy atom. The van der Waals surface area contributed by atoms with E-state index in [1.807, 2.05) is 28.8 Å². The molecule has 1 aliphatic heterocycles. The van der Waals surface area contributed by atoms with E-state index >= 15 is 0 Å². The van der Waals surface area contributed by atoms with E-state index in [1.165, 1.54) is 38.0 Å². The monoisotopic (exact) mass is 602 g/mol. The molecule has 43 heavy (non-hydrogen) atoms. The number of fused-ring (bicyclic) bond motifs is 4. The van der Waals surface area contributed by atoms with Crippen molar-refractivity contribution in [3.63, 3.8) is 0 Å². The lowest BCUT2D eigenvalue weighted by atomic mass is 9.88. The molecule has 222 valence electrons. The van der Waals surface area contributed by atoms with E-state index in [-0.39, 0.29) is 37.0 Å². The van der Waals surface area contributed by atoms with Gasteiger partial charge in [-0.1, -0.05) is 17.7 Å². The third-order valence-corrected chi connectivity index (χ3v) is 8.73. The Kier molecular flexibility index (Phi) is 7.48. The number of carbonyl (C=O) groups excluding carboxylic acids is 3. The van der Waals surface area contributed by atoms with Gasteiger partial charge in [0.15, 0.2) is 17.3 Å². The molecule has 1 fully saturated rings. The number of ketones is 2. The Hall–Kier alpha value is -4.21. The molecule has 6 rings (SSSR count). The summed E-state index contributed by atoms with van der Waals surface area (Å²) in [4.78, 5) is 52.2. The number of nitrogens with zero attached hydrogens (tertiary/aromatic N) is 2. The zero-order valence-electron chi connectivity index (χ0n) is 24.1. The van der Waals surface area contributed by atoms with Crippen LogP contribution in [0.2, 0.25) is 5.02 Å². The number of hydrogen-bond acceptors (Lipinski definition) is 7. The lowest BCUT2D eigenvalue weighted by Crippen LogP contribution is -2.39. The molecule has 1 spiro atoms. The van der Waals surface area contributed by atoms with Crippen molar-refractivity contribution in [3.8, 4) is 16.9 Å². The predicted molar refractivity (Wildman–Crippen MR) is 161 cm³/mol. The van der Waals surface area contributed by atoms with Crippen LogP contribution in [-0.2, 0) is 26.4 Å². The highest BCUT2D eigenvalue weighted by Gasteiger charge is 2.50. The van der Waals surface area contributed by atoms with Gasteiger partial charge in [-0.2, -0.15) is 0 Å². The highest BCUT2D eigenvalue weighted by Crippen LogP contribution is 2.48. The maximum absolute atomic E-state index is 13.8. The minimum atomic E-state index is -0.829. The molecule has 1 unspecified atom stereocenters. The number of pyridine rings is 1. The van der Waals surface area contributed by atoms with Gasteiger partial charge in [-0.25, -0.2) is 4.79 Å². The fraction of sp³-hybridized carbons (Fsp3) is 0.333. The number of hydrogen-bond donors (Lipinski definition) is 0. The highest BCUT2D eigenvalue weighted by atomic mass is 35.5. The average Bonchev–Trinajstić information content (AvgIpc) is 3.48. The number of ether oxygens (including phenoxy) is 3. The zero-order chi connectivity index (χ0) is 30.5. The second-order valence-corrected chi connectivity index (χ2v) is 11.6. The summed E-state index contributed by atoms with van der Waals surface area (Å²) in [5.74, 6) is -0.363. The first-order chi connectivity index (χ1) is 20.7. The van der Waals surface area contributed by atoms with Crippen molar-refractivity contribution in [3.05, 3.63) is 86.9 Å². The van der Waals surface area contributed by atoms with Crippen LogP contribution in [0.4, 0.5) is 0 Å². The van der Waals surface area contributed by atoms with Crippen LogP contribution in [0.3, 0.4) is 0 Å². The van der Waals surface area contributed by atoms with E-state index in [2.05, 4.69) is 0 Å². The van der Waals surface area contributed by atoms with Gasteiger partial charge >= 0.3 is 5.97 Å². The van der Waals surface area contributed by atoms with Crippen molar-refractivity contribution in [1.29, 1.82) is 0 Å². The van der Waals surface area contributed by atoms with Crippen molar-refractivity contribution in [2.45, 2.75) is 50.8 Å². The molecule has 3 heterocycles. The number of benzene rings is 2. The van der Waals surface area contributed by atoms with E-state index in [4.69, 9.17) is 25.8 Å². The van der Waals surface area contributed by atoms with Crippen molar-refractivity contribution >= 4 is 40.0 Å². The largest absolute Gasteiger partial charge is 0.495 e. The third-order valence-electron chi connectivity index (χ3n) is 8.50. The molecule has 0 saturated heterocycles. The van der Waals surface area contributed by atoms with Gasteiger partial charge in [-0.05, 0) is 67.3 Å². The highest BCUT2D eigenvalue weighted by molar-refractivity contribution is 6.31. The topological polar surface area (TPSA) is 106 Å².